The minimum Gasteiger partial charge on any atom is -1.00 e. The highest BCUT2D eigenvalue weighted by Gasteiger charge is 1.96. The molecule has 0 radical (unpaired) electrons. The van der Waals surface area contributed by atoms with Crippen LogP contribution in [0.4, 0.5) is 0 Å². The Morgan fingerprint density at radius 3 is 0.815 bits per heavy atom. The minimum atomic E-state index is -4.14. The third kappa shape index (κ3) is 96.1. The van der Waals surface area contributed by atoms with Gasteiger partial charge in [0.2, 0.25) is 0 Å². The van der Waals surface area contributed by atoms with E-state index in [1.165, 1.54) is 57.0 Å². The second kappa shape index (κ2) is 30.4. The summed E-state index contributed by atoms with van der Waals surface area (Å²) in [5, 5.41) is 0. The first kappa shape index (κ1) is 39.6. The maximum atomic E-state index is 9.10. The first-order valence-electron chi connectivity index (χ1n) is 10.2. The molecular formula is C19H51IO3P4. The van der Waals surface area contributed by atoms with Crippen molar-refractivity contribution in [2.24, 2.45) is 0 Å². The molecule has 0 aromatic rings. The monoisotopic (exact) mass is 578 g/mol. The fourth-order valence-corrected chi connectivity index (χ4v) is 4.77. The second-order valence-corrected chi connectivity index (χ2v) is 18.0. The van der Waals surface area contributed by atoms with Crippen LogP contribution >= 0.6 is 31.4 Å². The highest BCUT2D eigenvalue weighted by atomic mass is 127. The molecule has 27 heavy (non-hydrogen) atoms. The number of hydrogen-bond donors (Lipinski definition) is 0. The number of unbranched alkanes of at least 4 members (excludes halogenated alkanes) is 3. The Kier molecular flexibility index (Phi) is 44.6. The SMILES string of the molecule is CCCC[PH+](C)C.CCCC[PH+](C)C.CCCC[PH+](C)C.CP(=O)([O-])[O-].[I-]. The van der Waals surface area contributed by atoms with Crippen LogP contribution in [0, 0.1) is 0 Å². The van der Waals surface area contributed by atoms with E-state index in [1.54, 1.807) is 0 Å². The summed E-state index contributed by atoms with van der Waals surface area (Å²) in [6.45, 7) is 21.6. The summed E-state index contributed by atoms with van der Waals surface area (Å²) in [5.41, 5.74) is 0. The number of hydrogen-bond acceptors (Lipinski definition) is 3. The highest BCUT2D eigenvalue weighted by molar-refractivity contribution is 7.56. The van der Waals surface area contributed by atoms with Crippen molar-refractivity contribution in [2.45, 2.75) is 59.3 Å². The quantitative estimate of drug-likeness (QED) is 0.312. The summed E-state index contributed by atoms with van der Waals surface area (Å²) < 4.78 is 9.10. The van der Waals surface area contributed by atoms with Gasteiger partial charge in [0.1, 0.15) is 0 Å². The Hall–Kier alpha value is 2.17. The van der Waals surface area contributed by atoms with E-state index in [2.05, 4.69) is 60.8 Å². The van der Waals surface area contributed by atoms with Crippen LogP contribution < -0.4 is 33.8 Å². The van der Waals surface area contributed by atoms with Crippen molar-refractivity contribution in [2.75, 3.05) is 65.1 Å². The van der Waals surface area contributed by atoms with Gasteiger partial charge in [0, 0.05) is 40.0 Å². The van der Waals surface area contributed by atoms with Crippen LogP contribution in [0.3, 0.4) is 0 Å². The zero-order valence-corrected chi connectivity index (χ0v) is 26.0. The Labute approximate surface area is 193 Å². The van der Waals surface area contributed by atoms with Crippen LogP contribution in [0.5, 0.6) is 0 Å². The van der Waals surface area contributed by atoms with Gasteiger partial charge in [-0.2, -0.15) is 0 Å². The van der Waals surface area contributed by atoms with Gasteiger partial charge in [-0.15, -0.1) is 0 Å². The van der Waals surface area contributed by atoms with Gasteiger partial charge in [0.15, 0.2) is 0 Å². The summed E-state index contributed by atoms with van der Waals surface area (Å²) in [4.78, 5) is 18.2. The summed E-state index contributed by atoms with van der Waals surface area (Å²) >= 11 is 0. The van der Waals surface area contributed by atoms with Crippen molar-refractivity contribution >= 4 is 31.4 Å². The van der Waals surface area contributed by atoms with Gasteiger partial charge in [0.25, 0.3) is 0 Å². The summed E-state index contributed by atoms with van der Waals surface area (Å²) in [5.74, 6) is 0. The predicted octanol–water partition coefficient (Wildman–Crippen LogP) is 2.31. The molecule has 0 aliphatic carbocycles. The van der Waals surface area contributed by atoms with Crippen molar-refractivity contribution < 1.29 is 38.3 Å². The number of halogens is 1. The maximum Gasteiger partial charge on any atom is 0.0566 e. The minimum absolute atomic E-state index is 0. The second-order valence-electron chi connectivity index (χ2n) is 7.70. The van der Waals surface area contributed by atoms with E-state index < -0.39 is 7.60 Å². The molecule has 0 heterocycles. The molecule has 3 nitrogen and oxygen atoms in total. The molecule has 0 unspecified atom stereocenters. The molecule has 0 saturated heterocycles. The first-order chi connectivity index (χ1) is 11.8. The molecule has 0 aromatic carbocycles. The average Bonchev–Trinajstić information content (AvgIpc) is 2.48. The zero-order chi connectivity index (χ0) is 21.6. The molecular weight excluding hydrogens is 527 g/mol. The van der Waals surface area contributed by atoms with Gasteiger partial charge in [-0.25, -0.2) is 0 Å². The van der Waals surface area contributed by atoms with E-state index in [0.717, 1.165) is 0 Å². The zero-order valence-electron chi connectivity index (χ0n) is 19.9. The summed E-state index contributed by atoms with van der Waals surface area (Å²) in [7, 11) is -3.83. The summed E-state index contributed by atoms with van der Waals surface area (Å²) in [6.07, 6.45) is 13.0. The lowest BCUT2D eigenvalue weighted by atomic mass is 10.4. The largest absolute Gasteiger partial charge is 1.00 e. The molecule has 0 N–H and O–H groups in total. The Balaban J connectivity index is -0.0000000793. The predicted molar refractivity (Wildman–Crippen MR) is 133 cm³/mol. The molecule has 0 saturated carbocycles. The van der Waals surface area contributed by atoms with Crippen molar-refractivity contribution in [3.8, 4) is 0 Å². The van der Waals surface area contributed by atoms with Crippen molar-refractivity contribution in [1.82, 2.24) is 0 Å². The van der Waals surface area contributed by atoms with Crippen LogP contribution in [0.2, 0.25) is 0 Å². The standard InChI is InChI=1S/3C6H15P.CH5O3P.HI/c3*1-4-5-6-7(2)3;1-5(2,3)4;/h3*4-6H2,1-3H3;1H3,(H2,2,3,4);1H. The average molecular weight is 578 g/mol. The van der Waals surface area contributed by atoms with Crippen molar-refractivity contribution in [3.05, 3.63) is 0 Å². The number of rotatable bonds is 9. The van der Waals surface area contributed by atoms with Gasteiger partial charge in [-0.3, -0.25) is 0 Å². The van der Waals surface area contributed by atoms with E-state index in [1.807, 2.05) is 0 Å². The fourth-order valence-electron chi connectivity index (χ4n) is 1.59. The van der Waals surface area contributed by atoms with Gasteiger partial charge in [-0.1, -0.05) is 47.6 Å². The molecule has 0 spiro atoms. The van der Waals surface area contributed by atoms with Gasteiger partial charge in [0.05, 0.1) is 18.5 Å². The molecule has 0 fully saturated rings. The molecule has 0 amide bonds. The van der Waals surface area contributed by atoms with Crippen molar-refractivity contribution in [1.29, 1.82) is 0 Å². The lowest BCUT2D eigenvalue weighted by Crippen LogP contribution is -3.00. The van der Waals surface area contributed by atoms with Gasteiger partial charge >= 0.3 is 0 Å². The van der Waals surface area contributed by atoms with E-state index in [-0.39, 0.29) is 47.7 Å². The van der Waals surface area contributed by atoms with Gasteiger partial charge < -0.3 is 38.3 Å². The van der Waals surface area contributed by atoms with Crippen LogP contribution in [0.1, 0.15) is 59.3 Å². The van der Waals surface area contributed by atoms with E-state index in [9.17, 15) is 0 Å². The van der Waals surface area contributed by atoms with Crippen LogP contribution in [0.25, 0.3) is 0 Å². The third-order valence-corrected chi connectivity index (χ3v) is 7.15. The molecule has 0 bridgehead atoms. The van der Waals surface area contributed by atoms with E-state index in [4.69, 9.17) is 14.4 Å². The molecule has 0 atom stereocenters. The molecule has 0 aliphatic heterocycles. The van der Waals surface area contributed by atoms with Gasteiger partial charge in [-0.05, 0) is 49.7 Å². The smallest absolute Gasteiger partial charge is 0.0566 e. The Bertz CT molecular complexity index is 249. The highest BCUT2D eigenvalue weighted by Crippen LogP contribution is 2.26. The van der Waals surface area contributed by atoms with Crippen LogP contribution in [-0.4, -0.2) is 65.1 Å². The summed E-state index contributed by atoms with van der Waals surface area (Å²) in [6, 6.07) is 0. The van der Waals surface area contributed by atoms with Crippen LogP contribution in [0.15, 0.2) is 0 Å². The lowest BCUT2D eigenvalue weighted by molar-refractivity contribution is -0.311. The Morgan fingerprint density at radius 2 is 0.778 bits per heavy atom. The molecule has 8 heteroatoms. The van der Waals surface area contributed by atoms with E-state index in [0.29, 0.717) is 6.66 Å². The first-order valence-corrected chi connectivity index (χ1v) is 20.3. The normalized spacial score (nSPS) is 10.2. The van der Waals surface area contributed by atoms with Crippen molar-refractivity contribution in [3.63, 3.8) is 0 Å². The van der Waals surface area contributed by atoms with Crippen LogP contribution in [-0.2, 0) is 4.57 Å². The Morgan fingerprint density at radius 1 is 0.630 bits per heavy atom. The topological polar surface area (TPSA) is 63.2 Å². The lowest BCUT2D eigenvalue weighted by Gasteiger charge is -2.22. The fraction of sp³-hybridized carbons (Fsp3) is 1.00. The van der Waals surface area contributed by atoms with E-state index >= 15 is 0 Å². The molecule has 0 rings (SSSR count). The molecule has 0 aromatic heterocycles. The molecule has 172 valence electrons. The molecule has 0 aliphatic rings. The third-order valence-electron chi connectivity index (χ3n) is 3.09. The maximum absolute atomic E-state index is 9.10.